The second-order valence-corrected chi connectivity index (χ2v) is 3.40. The Labute approximate surface area is 94.3 Å². The van der Waals surface area contributed by atoms with Gasteiger partial charge in [-0.25, -0.2) is 4.98 Å². The molecule has 1 aromatic carbocycles. The number of rotatable bonds is 4. The molecule has 2 rings (SSSR count). The van der Waals surface area contributed by atoms with Gasteiger partial charge in [0.05, 0.1) is 6.61 Å². The number of pyridine rings is 1. The highest BCUT2D eigenvalue weighted by Gasteiger charge is 2.02. The zero-order valence-corrected chi connectivity index (χ0v) is 8.84. The summed E-state index contributed by atoms with van der Waals surface area (Å²) in [7, 11) is 0. The minimum Gasteiger partial charge on any atom is -0.473 e. The van der Waals surface area contributed by atoms with Crippen molar-refractivity contribution in [3.63, 3.8) is 0 Å². The fraction of sp³-hybridized carbons (Fsp3) is 0.154. The van der Waals surface area contributed by atoms with Crippen molar-refractivity contribution in [2.45, 2.75) is 13.2 Å². The SMILES string of the molecule is OCc1cccnc1OCc1ccccc1. The molecule has 1 aromatic heterocycles. The molecule has 3 heteroatoms. The lowest BCUT2D eigenvalue weighted by molar-refractivity contribution is 0.252. The molecule has 1 heterocycles. The lowest BCUT2D eigenvalue weighted by Crippen LogP contribution is -2.00. The average Bonchev–Trinajstić information content (AvgIpc) is 2.38. The number of aromatic nitrogens is 1. The monoisotopic (exact) mass is 215 g/mol. The van der Waals surface area contributed by atoms with E-state index in [-0.39, 0.29) is 6.61 Å². The number of nitrogens with zero attached hydrogens (tertiary/aromatic N) is 1. The second kappa shape index (κ2) is 5.28. The second-order valence-electron chi connectivity index (χ2n) is 3.40. The lowest BCUT2D eigenvalue weighted by atomic mass is 10.2. The van der Waals surface area contributed by atoms with Crippen LogP contribution >= 0.6 is 0 Å². The van der Waals surface area contributed by atoms with Crippen LogP contribution in [0.4, 0.5) is 0 Å². The van der Waals surface area contributed by atoms with Gasteiger partial charge in [-0.15, -0.1) is 0 Å². The number of benzene rings is 1. The Kier molecular flexibility index (Phi) is 3.51. The molecule has 82 valence electrons. The molecule has 0 fully saturated rings. The van der Waals surface area contributed by atoms with Gasteiger partial charge in [0.1, 0.15) is 6.61 Å². The Morgan fingerprint density at radius 2 is 1.88 bits per heavy atom. The molecule has 16 heavy (non-hydrogen) atoms. The van der Waals surface area contributed by atoms with Crippen molar-refractivity contribution in [2.75, 3.05) is 0 Å². The van der Waals surface area contributed by atoms with Gasteiger partial charge >= 0.3 is 0 Å². The molecule has 0 aliphatic carbocycles. The summed E-state index contributed by atoms with van der Waals surface area (Å²) in [5.41, 5.74) is 1.79. The molecule has 0 amide bonds. The first kappa shape index (κ1) is 10.6. The van der Waals surface area contributed by atoms with E-state index in [2.05, 4.69) is 4.98 Å². The molecule has 0 atom stereocenters. The third-order valence-electron chi connectivity index (χ3n) is 2.24. The van der Waals surface area contributed by atoms with Crippen LogP contribution in [0.2, 0.25) is 0 Å². The highest BCUT2D eigenvalue weighted by Crippen LogP contribution is 2.15. The van der Waals surface area contributed by atoms with Crippen LogP contribution in [0, 0.1) is 0 Å². The molecule has 0 aliphatic rings. The first-order chi connectivity index (χ1) is 7.90. The van der Waals surface area contributed by atoms with Crippen LogP contribution in [-0.2, 0) is 13.2 Å². The van der Waals surface area contributed by atoms with Crippen molar-refractivity contribution < 1.29 is 9.84 Å². The van der Waals surface area contributed by atoms with Crippen molar-refractivity contribution in [1.29, 1.82) is 0 Å². The molecule has 0 saturated carbocycles. The maximum atomic E-state index is 9.10. The molecule has 0 radical (unpaired) electrons. The minimum atomic E-state index is -0.0576. The van der Waals surface area contributed by atoms with Crippen LogP contribution in [0.25, 0.3) is 0 Å². The number of hydrogen-bond donors (Lipinski definition) is 1. The zero-order valence-electron chi connectivity index (χ0n) is 8.84. The fourth-order valence-corrected chi connectivity index (χ4v) is 1.40. The van der Waals surface area contributed by atoms with Crippen molar-refractivity contribution in [2.24, 2.45) is 0 Å². The summed E-state index contributed by atoms with van der Waals surface area (Å²) < 4.78 is 5.54. The first-order valence-electron chi connectivity index (χ1n) is 5.11. The molecule has 3 nitrogen and oxygen atoms in total. The fourth-order valence-electron chi connectivity index (χ4n) is 1.40. The quantitative estimate of drug-likeness (QED) is 0.849. The molecule has 0 saturated heterocycles. The van der Waals surface area contributed by atoms with Crippen LogP contribution in [-0.4, -0.2) is 10.1 Å². The van der Waals surface area contributed by atoms with Gasteiger partial charge < -0.3 is 9.84 Å². The molecule has 1 N–H and O–H groups in total. The summed E-state index contributed by atoms with van der Waals surface area (Å²) in [6.45, 7) is 0.406. The topological polar surface area (TPSA) is 42.4 Å². The van der Waals surface area contributed by atoms with Crippen LogP contribution < -0.4 is 4.74 Å². The van der Waals surface area contributed by atoms with Crippen LogP contribution in [0.1, 0.15) is 11.1 Å². The Balaban J connectivity index is 2.05. The largest absolute Gasteiger partial charge is 0.473 e. The third kappa shape index (κ3) is 2.58. The average molecular weight is 215 g/mol. The van der Waals surface area contributed by atoms with Gasteiger partial charge in [0, 0.05) is 11.8 Å². The minimum absolute atomic E-state index is 0.0576. The summed E-state index contributed by atoms with van der Waals surface area (Å²) in [5, 5.41) is 9.10. The highest BCUT2D eigenvalue weighted by molar-refractivity contribution is 5.25. The molecule has 0 bridgehead atoms. The van der Waals surface area contributed by atoms with Crippen molar-refractivity contribution in [3.8, 4) is 5.88 Å². The van der Waals surface area contributed by atoms with Gasteiger partial charge in [-0.1, -0.05) is 30.3 Å². The van der Waals surface area contributed by atoms with E-state index in [1.165, 1.54) is 0 Å². The van der Waals surface area contributed by atoms with E-state index in [4.69, 9.17) is 9.84 Å². The molecular weight excluding hydrogens is 202 g/mol. The Bertz CT molecular complexity index is 443. The third-order valence-corrected chi connectivity index (χ3v) is 2.24. The zero-order chi connectivity index (χ0) is 11.2. The molecule has 0 aliphatic heterocycles. The van der Waals surface area contributed by atoms with Crippen LogP contribution in [0.3, 0.4) is 0 Å². The Morgan fingerprint density at radius 1 is 1.06 bits per heavy atom. The highest BCUT2D eigenvalue weighted by atomic mass is 16.5. The van der Waals surface area contributed by atoms with E-state index < -0.39 is 0 Å². The number of aliphatic hydroxyl groups is 1. The van der Waals surface area contributed by atoms with E-state index in [1.54, 1.807) is 18.3 Å². The lowest BCUT2D eigenvalue weighted by Gasteiger charge is -2.08. The first-order valence-corrected chi connectivity index (χ1v) is 5.11. The maximum absolute atomic E-state index is 9.10. The van der Waals surface area contributed by atoms with Crippen molar-refractivity contribution >= 4 is 0 Å². The summed E-state index contributed by atoms with van der Waals surface area (Å²) in [4.78, 5) is 4.08. The molecule has 0 unspecified atom stereocenters. The Morgan fingerprint density at radius 3 is 2.62 bits per heavy atom. The van der Waals surface area contributed by atoms with E-state index >= 15 is 0 Å². The molecular formula is C13H13NO2. The van der Waals surface area contributed by atoms with Gasteiger partial charge in [0.25, 0.3) is 0 Å². The smallest absolute Gasteiger partial charge is 0.219 e. The molecule has 2 aromatic rings. The normalized spacial score (nSPS) is 10.1. The van der Waals surface area contributed by atoms with Gasteiger partial charge in [0.2, 0.25) is 5.88 Å². The summed E-state index contributed by atoms with van der Waals surface area (Å²) in [6, 6.07) is 13.4. The van der Waals surface area contributed by atoms with Crippen LogP contribution in [0.15, 0.2) is 48.7 Å². The standard InChI is InChI=1S/C13H13NO2/c15-9-12-7-4-8-14-13(12)16-10-11-5-2-1-3-6-11/h1-8,15H,9-10H2. The Hall–Kier alpha value is -1.87. The van der Waals surface area contributed by atoms with Crippen molar-refractivity contribution in [3.05, 3.63) is 59.8 Å². The number of ether oxygens (including phenoxy) is 1. The van der Waals surface area contributed by atoms with Gasteiger partial charge in [0.15, 0.2) is 0 Å². The predicted octanol–water partition coefficient (Wildman–Crippen LogP) is 2.15. The number of aliphatic hydroxyl groups excluding tert-OH is 1. The van der Waals surface area contributed by atoms with Gasteiger partial charge in [-0.2, -0.15) is 0 Å². The van der Waals surface area contributed by atoms with Crippen molar-refractivity contribution in [1.82, 2.24) is 4.98 Å². The molecule has 0 spiro atoms. The maximum Gasteiger partial charge on any atom is 0.219 e. The van der Waals surface area contributed by atoms with Gasteiger partial charge in [-0.05, 0) is 17.7 Å². The summed E-state index contributed by atoms with van der Waals surface area (Å²) >= 11 is 0. The number of hydrogen-bond acceptors (Lipinski definition) is 3. The van der Waals surface area contributed by atoms with E-state index in [1.807, 2.05) is 30.3 Å². The van der Waals surface area contributed by atoms with E-state index in [9.17, 15) is 0 Å². The summed E-state index contributed by atoms with van der Waals surface area (Å²) in [5.74, 6) is 0.494. The predicted molar refractivity (Wildman–Crippen MR) is 60.9 cm³/mol. The van der Waals surface area contributed by atoms with E-state index in [0.717, 1.165) is 5.56 Å². The van der Waals surface area contributed by atoms with Gasteiger partial charge in [-0.3, -0.25) is 0 Å². The summed E-state index contributed by atoms with van der Waals surface area (Å²) in [6.07, 6.45) is 1.65. The van der Waals surface area contributed by atoms with Crippen LogP contribution in [0.5, 0.6) is 5.88 Å². The van der Waals surface area contributed by atoms with E-state index in [0.29, 0.717) is 18.1 Å².